The fourth-order valence-electron chi connectivity index (χ4n) is 3.80. The van der Waals surface area contributed by atoms with Crippen LogP contribution in [0, 0.1) is 0 Å². The molecule has 0 saturated carbocycles. The van der Waals surface area contributed by atoms with E-state index in [-0.39, 0.29) is 24.2 Å². The maximum absolute atomic E-state index is 13.7. The van der Waals surface area contributed by atoms with Gasteiger partial charge < -0.3 is 15.0 Å². The smallest absolute Gasteiger partial charge is 0.244 e. The first kappa shape index (κ1) is 31.3. The van der Waals surface area contributed by atoms with Gasteiger partial charge in [-0.2, -0.15) is 0 Å². The molecule has 3 aromatic carbocycles. The van der Waals surface area contributed by atoms with Gasteiger partial charge in [0.05, 0.1) is 22.0 Å². The van der Waals surface area contributed by atoms with Crippen molar-refractivity contribution in [3.8, 4) is 11.5 Å². The minimum Gasteiger partial charge on any atom is -0.457 e. The number of amides is 2. The molecule has 40 heavy (non-hydrogen) atoms. The second-order valence-corrected chi connectivity index (χ2v) is 12.2. The molecule has 0 aliphatic heterocycles. The number of hydrogen-bond acceptors (Lipinski definition) is 5. The van der Waals surface area contributed by atoms with E-state index in [1.807, 2.05) is 32.0 Å². The topological polar surface area (TPSA) is 96.0 Å². The SMILES string of the molecule is CC[C@@H](C)NC(=O)[C@@H](C)N(Cc1ccc(Cl)c(Cl)c1)C(=O)CN(c1ccc(Oc2ccccc2)cc1)S(C)(=O)=O. The first-order chi connectivity index (χ1) is 18.9. The number of sulfonamides is 1. The van der Waals surface area contributed by atoms with Crippen molar-refractivity contribution in [2.24, 2.45) is 0 Å². The lowest BCUT2D eigenvalue weighted by Gasteiger charge is -2.32. The molecule has 0 aliphatic rings. The number of para-hydroxylation sites is 1. The second kappa shape index (κ2) is 13.9. The molecule has 3 rings (SSSR count). The highest BCUT2D eigenvalue weighted by Crippen LogP contribution is 2.27. The maximum atomic E-state index is 13.7. The number of nitrogens with zero attached hydrogens (tertiary/aromatic N) is 2. The van der Waals surface area contributed by atoms with Crippen molar-refractivity contribution in [3.05, 3.63) is 88.4 Å². The van der Waals surface area contributed by atoms with Gasteiger partial charge in [-0.3, -0.25) is 13.9 Å². The third-order valence-corrected chi connectivity index (χ3v) is 8.17. The first-order valence-corrected chi connectivity index (χ1v) is 15.3. The standard InChI is InChI=1S/C29H33Cl2N3O5S/c1-5-20(2)32-29(36)21(3)33(18-22-11-16-26(30)27(31)17-22)28(35)19-34(40(4,37)38)23-12-14-25(15-13-23)39-24-9-7-6-8-10-24/h6-17,20-21H,5,18-19H2,1-4H3,(H,32,36)/t20-,21-/m1/s1. The molecule has 0 fully saturated rings. The van der Waals surface area contributed by atoms with E-state index in [2.05, 4.69) is 5.32 Å². The van der Waals surface area contributed by atoms with Gasteiger partial charge in [-0.05, 0) is 74.4 Å². The van der Waals surface area contributed by atoms with Crippen molar-refractivity contribution in [1.82, 2.24) is 10.2 Å². The van der Waals surface area contributed by atoms with Crippen LogP contribution in [0.4, 0.5) is 5.69 Å². The molecule has 0 saturated heterocycles. The van der Waals surface area contributed by atoms with Crippen molar-refractivity contribution in [2.75, 3.05) is 17.1 Å². The van der Waals surface area contributed by atoms with Crippen LogP contribution in [0.15, 0.2) is 72.8 Å². The zero-order chi connectivity index (χ0) is 29.4. The van der Waals surface area contributed by atoms with E-state index in [1.54, 1.807) is 61.5 Å². The average molecular weight is 607 g/mol. The van der Waals surface area contributed by atoms with E-state index in [4.69, 9.17) is 27.9 Å². The van der Waals surface area contributed by atoms with Crippen molar-refractivity contribution in [1.29, 1.82) is 0 Å². The second-order valence-electron chi connectivity index (χ2n) is 9.44. The summed E-state index contributed by atoms with van der Waals surface area (Å²) < 4.78 is 32.4. The summed E-state index contributed by atoms with van der Waals surface area (Å²) in [6, 6.07) is 19.5. The van der Waals surface area contributed by atoms with Crippen molar-refractivity contribution in [3.63, 3.8) is 0 Å². The van der Waals surface area contributed by atoms with Crippen LogP contribution in [-0.4, -0.2) is 50.0 Å². The van der Waals surface area contributed by atoms with Gasteiger partial charge in [-0.25, -0.2) is 8.42 Å². The molecule has 8 nitrogen and oxygen atoms in total. The van der Waals surface area contributed by atoms with E-state index in [9.17, 15) is 18.0 Å². The molecule has 0 aromatic heterocycles. The molecule has 214 valence electrons. The average Bonchev–Trinajstić information content (AvgIpc) is 2.92. The van der Waals surface area contributed by atoms with Gasteiger partial charge in [0.15, 0.2) is 0 Å². The fourth-order valence-corrected chi connectivity index (χ4v) is 4.97. The number of benzene rings is 3. The molecule has 0 heterocycles. The molecule has 0 aliphatic carbocycles. The number of nitrogens with one attached hydrogen (secondary N) is 1. The lowest BCUT2D eigenvalue weighted by atomic mass is 10.1. The molecule has 3 aromatic rings. The van der Waals surface area contributed by atoms with E-state index in [1.165, 1.54) is 4.90 Å². The number of carbonyl (C=O) groups excluding carboxylic acids is 2. The highest BCUT2D eigenvalue weighted by atomic mass is 35.5. The molecule has 0 bridgehead atoms. The van der Waals surface area contributed by atoms with Gasteiger partial charge in [0, 0.05) is 12.6 Å². The van der Waals surface area contributed by atoms with E-state index >= 15 is 0 Å². The summed E-state index contributed by atoms with van der Waals surface area (Å²) in [6.45, 7) is 4.92. The zero-order valence-corrected chi connectivity index (χ0v) is 25.1. The summed E-state index contributed by atoms with van der Waals surface area (Å²) in [4.78, 5) is 28.0. The van der Waals surface area contributed by atoms with E-state index in [0.717, 1.165) is 10.6 Å². The summed E-state index contributed by atoms with van der Waals surface area (Å²) in [5, 5.41) is 3.55. The molecule has 2 amide bonds. The number of carbonyl (C=O) groups is 2. The van der Waals surface area contributed by atoms with Crippen LogP contribution in [0.1, 0.15) is 32.8 Å². The van der Waals surface area contributed by atoms with Crippen LogP contribution >= 0.6 is 23.2 Å². The van der Waals surface area contributed by atoms with E-state index in [0.29, 0.717) is 33.5 Å². The Morgan fingerprint density at radius 2 is 1.55 bits per heavy atom. The number of anilines is 1. The first-order valence-electron chi connectivity index (χ1n) is 12.7. The lowest BCUT2D eigenvalue weighted by Crippen LogP contribution is -2.52. The molecule has 0 spiro atoms. The highest BCUT2D eigenvalue weighted by molar-refractivity contribution is 7.92. The normalized spacial score (nSPS) is 12.8. The molecule has 0 radical (unpaired) electrons. The minimum atomic E-state index is -3.87. The Hall–Kier alpha value is -3.27. The zero-order valence-electron chi connectivity index (χ0n) is 22.8. The summed E-state index contributed by atoms with van der Waals surface area (Å²) in [5.74, 6) is 0.225. The summed E-state index contributed by atoms with van der Waals surface area (Å²) in [7, 11) is -3.87. The maximum Gasteiger partial charge on any atom is 0.244 e. The van der Waals surface area contributed by atoms with Crippen LogP contribution in [0.5, 0.6) is 11.5 Å². The Balaban J connectivity index is 1.88. The van der Waals surface area contributed by atoms with Crippen molar-refractivity contribution < 1.29 is 22.7 Å². The Morgan fingerprint density at radius 3 is 2.12 bits per heavy atom. The Bertz CT molecular complexity index is 1420. The Kier molecular flexibility index (Phi) is 10.8. The third-order valence-electron chi connectivity index (χ3n) is 6.29. The van der Waals surface area contributed by atoms with Gasteiger partial charge in [-0.15, -0.1) is 0 Å². The molecule has 2 atom stereocenters. The summed E-state index contributed by atoms with van der Waals surface area (Å²) in [5.41, 5.74) is 0.918. The predicted molar refractivity (Wildman–Crippen MR) is 160 cm³/mol. The number of hydrogen-bond donors (Lipinski definition) is 1. The number of halogens is 2. The van der Waals surface area contributed by atoms with Crippen molar-refractivity contribution >= 4 is 50.7 Å². The third kappa shape index (κ3) is 8.61. The molecule has 1 N–H and O–H groups in total. The van der Waals surface area contributed by atoms with Crippen LogP contribution < -0.4 is 14.4 Å². The Labute approximate surface area is 245 Å². The van der Waals surface area contributed by atoms with E-state index < -0.39 is 28.5 Å². The van der Waals surface area contributed by atoms with Crippen LogP contribution in [0.3, 0.4) is 0 Å². The molecular formula is C29H33Cl2N3O5S. The van der Waals surface area contributed by atoms with Crippen LogP contribution in [-0.2, 0) is 26.2 Å². The van der Waals surface area contributed by atoms with Gasteiger partial charge in [0.2, 0.25) is 21.8 Å². The summed E-state index contributed by atoms with van der Waals surface area (Å²) >= 11 is 12.2. The number of rotatable bonds is 12. The van der Waals surface area contributed by atoms with Gasteiger partial charge >= 0.3 is 0 Å². The predicted octanol–water partition coefficient (Wildman–Crippen LogP) is 5.88. The fraction of sp³-hybridized carbons (Fsp3) is 0.310. The largest absolute Gasteiger partial charge is 0.457 e. The van der Waals surface area contributed by atoms with Gasteiger partial charge in [0.1, 0.15) is 24.1 Å². The van der Waals surface area contributed by atoms with Gasteiger partial charge in [-0.1, -0.05) is 54.4 Å². The molecule has 11 heteroatoms. The van der Waals surface area contributed by atoms with Crippen LogP contribution in [0.25, 0.3) is 0 Å². The molecular weight excluding hydrogens is 573 g/mol. The Morgan fingerprint density at radius 1 is 0.925 bits per heavy atom. The number of ether oxygens (including phenoxy) is 1. The summed E-state index contributed by atoms with van der Waals surface area (Å²) in [6.07, 6.45) is 1.74. The highest BCUT2D eigenvalue weighted by Gasteiger charge is 2.30. The minimum absolute atomic E-state index is 0.0201. The lowest BCUT2D eigenvalue weighted by molar-refractivity contribution is -0.139. The monoisotopic (exact) mass is 605 g/mol. The quantitative estimate of drug-likeness (QED) is 0.278. The van der Waals surface area contributed by atoms with Crippen LogP contribution in [0.2, 0.25) is 10.0 Å². The molecule has 0 unspecified atom stereocenters. The van der Waals surface area contributed by atoms with Gasteiger partial charge in [0.25, 0.3) is 0 Å². The van der Waals surface area contributed by atoms with Crippen molar-refractivity contribution in [2.45, 2.75) is 45.8 Å².